The van der Waals surface area contributed by atoms with Gasteiger partial charge in [0, 0.05) is 0 Å². The van der Waals surface area contributed by atoms with Crippen molar-refractivity contribution < 1.29 is 51.5 Å². The third-order valence-electron chi connectivity index (χ3n) is 4.45. The Hall–Kier alpha value is -0.930. The minimum atomic E-state index is -5.59. The average Bonchev–Trinajstić information content (AvgIpc) is 3.20. The highest BCUT2D eigenvalue weighted by atomic mass is 32.2. The molecule has 7 N–H and O–H groups in total. The van der Waals surface area contributed by atoms with Gasteiger partial charge >= 0.3 is 23.5 Å². The predicted octanol–water partition coefficient (Wildman–Crippen LogP) is 0.786. The summed E-state index contributed by atoms with van der Waals surface area (Å²) in [6.07, 6.45) is 2.69. The second-order valence-electron chi connectivity index (χ2n) is 6.78. The summed E-state index contributed by atoms with van der Waals surface area (Å²) in [6.45, 7) is -0.475. The van der Waals surface area contributed by atoms with Gasteiger partial charge in [0.25, 0.3) is 0 Å². The molecule has 0 radical (unpaired) electrons. The zero-order valence-electron chi connectivity index (χ0n) is 16.2. The highest BCUT2D eigenvalue weighted by Crippen LogP contribution is 2.66. The second kappa shape index (κ2) is 9.37. The van der Waals surface area contributed by atoms with Crippen molar-refractivity contribution in [2.24, 2.45) is 5.92 Å². The first-order valence-corrected chi connectivity index (χ1v) is 14.4. The SMILES string of the molecule is CSc1nc(N)c2ncn([C@@H]3C[C@H](COP(=O)(O)OP(=O)(O)OP(=O)(O)O)C[C@H]3O)c2n1. The quantitative estimate of drug-likeness (QED) is 0.147. The molecule has 0 amide bonds. The molecule has 1 saturated carbocycles. The van der Waals surface area contributed by atoms with Crippen LogP contribution in [0.3, 0.4) is 0 Å². The summed E-state index contributed by atoms with van der Waals surface area (Å²) in [5.74, 6) is -0.314. The summed E-state index contributed by atoms with van der Waals surface area (Å²) < 4.78 is 47.5. The molecule has 0 bridgehead atoms. The van der Waals surface area contributed by atoms with Crippen molar-refractivity contribution in [3.8, 4) is 0 Å². The van der Waals surface area contributed by atoms with Crippen LogP contribution in [0.15, 0.2) is 11.5 Å². The van der Waals surface area contributed by atoms with Gasteiger partial charge in [0.1, 0.15) is 5.52 Å². The molecule has 180 valence electrons. The second-order valence-corrected chi connectivity index (χ2v) is 12.0. The fourth-order valence-corrected chi connectivity index (χ4v) is 6.74. The van der Waals surface area contributed by atoms with E-state index in [1.165, 1.54) is 18.1 Å². The molecule has 0 aromatic carbocycles. The maximum absolute atomic E-state index is 11.9. The Bertz CT molecular complexity index is 1140. The molecule has 3 rings (SSSR count). The Morgan fingerprint density at radius 3 is 2.47 bits per heavy atom. The zero-order chi connectivity index (χ0) is 23.9. The third-order valence-corrected chi connectivity index (χ3v) is 8.80. The Morgan fingerprint density at radius 1 is 1.16 bits per heavy atom. The predicted molar refractivity (Wildman–Crippen MR) is 109 cm³/mol. The molecular formula is C12H20N5O11P3S. The number of hydrogen-bond acceptors (Lipinski definition) is 12. The molecule has 0 spiro atoms. The summed E-state index contributed by atoms with van der Waals surface area (Å²) in [6, 6.07) is -0.529. The van der Waals surface area contributed by atoms with E-state index in [0.29, 0.717) is 16.3 Å². The van der Waals surface area contributed by atoms with E-state index in [1.807, 2.05) is 0 Å². The van der Waals surface area contributed by atoms with Crippen LogP contribution in [0.1, 0.15) is 18.9 Å². The summed E-state index contributed by atoms with van der Waals surface area (Å²) in [4.78, 5) is 48.5. The zero-order valence-corrected chi connectivity index (χ0v) is 19.7. The van der Waals surface area contributed by atoms with Gasteiger partial charge in [-0.05, 0) is 25.0 Å². The first-order valence-electron chi connectivity index (χ1n) is 8.70. The topological polar surface area (TPSA) is 250 Å². The lowest BCUT2D eigenvalue weighted by molar-refractivity contribution is 0.127. The molecule has 2 heterocycles. The van der Waals surface area contributed by atoms with Crippen LogP contribution in [-0.4, -0.2) is 63.2 Å². The van der Waals surface area contributed by atoms with Crippen LogP contribution in [0.5, 0.6) is 0 Å². The fourth-order valence-electron chi connectivity index (χ4n) is 3.28. The number of phosphoric acid groups is 3. The number of nitrogens with zero attached hydrogens (tertiary/aromatic N) is 4. The normalized spacial score (nSPS) is 25.6. The van der Waals surface area contributed by atoms with Gasteiger partial charge in [-0.2, -0.15) is 8.62 Å². The Labute approximate surface area is 184 Å². The lowest BCUT2D eigenvalue weighted by Gasteiger charge is -2.18. The summed E-state index contributed by atoms with van der Waals surface area (Å²) in [7, 11) is -16.3. The fraction of sp³-hybridized carbons (Fsp3) is 0.583. The van der Waals surface area contributed by atoms with Crippen molar-refractivity contribution in [1.29, 1.82) is 0 Å². The average molecular weight is 535 g/mol. The smallest absolute Gasteiger partial charge is 0.391 e. The molecule has 5 atom stereocenters. The number of nitrogen functional groups attached to an aromatic ring is 1. The third kappa shape index (κ3) is 6.35. The van der Waals surface area contributed by atoms with Gasteiger partial charge in [-0.3, -0.25) is 4.52 Å². The van der Waals surface area contributed by atoms with Gasteiger partial charge in [0.05, 0.1) is 25.1 Å². The largest absolute Gasteiger partial charge is 0.490 e. The number of hydrogen-bond donors (Lipinski definition) is 6. The summed E-state index contributed by atoms with van der Waals surface area (Å²) in [5.41, 5.74) is 6.65. The van der Waals surface area contributed by atoms with Gasteiger partial charge in [0.15, 0.2) is 16.6 Å². The van der Waals surface area contributed by atoms with Gasteiger partial charge < -0.3 is 35.0 Å². The number of nitrogens with two attached hydrogens (primary N) is 1. The Kier molecular flexibility index (Phi) is 7.52. The molecule has 32 heavy (non-hydrogen) atoms. The van der Waals surface area contributed by atoms with Gasteiger partial charge in [-0.25, -0.2) is 28.6 Å². The van der Waals surface area contributed by atoms with Crippen molar-refractivity contribution in [1.82, 2.24) is 19.5 Å². The van der Waals surface area contributed by atoms with Gasteiger partial charge in [-0.1, -0.05) is 11.8 Å². The minimum Gasteiger partial charge on any atom is -0.391 e. The number of phosphoric ester groups is 1. The monoisotopic (exact) mass is 535 g/mol. The van der Waals surface area contributed by atoms with Crippen LogP contribution < -0.4 is 5.73 Å². The molecule has 2 aromatic heterocycles. The van der Waals surface area contributed by atoms with Crippen LogP contribution >= 0.6 is 35.2 Å². The lowest BCUT2D eigenvalue weighted by atomic mass is 10.1. The van der Waals surface area contributed by atoms with Crippen LogP contribution in [0.25, 0.3) is 11.2 Å². The highest BCUT2D eigenvalue weighted by molar-refractivity contribution is 7.98. The van der Waals surface area contributed by atoms with E-state index >= 15 is 0 Å². The van der Waals surface area contributed by atoms with E-state index in [1.54, 1.807) is 10.8 Å². The molecule has 16 nitrogen and oxygen atoms in total. The Balaban J connectivity index is 1.68. The van der Waals surface area contributed by atoms with Crippen molar-refractivity contribution in [3.63, 3.8) is 0 Å². The number of aliphatic hydroxyl groups is 1. The van der Waals surface area contributed by atoms with Crippen LogP contribution in [0.4, 0.5) is 5.82 Å². The van der Waals surface area contributed by atoms with Crippen LogP contribution in [-0.2, 0) is 26.8 Å². The maximum atomic E-state index is 11.9. The molecule has 1 fully saturated rings. The van der Waals surface area contributed by atoms with Gasteiger partial charge in [0.2, 0.25) is 0 Å². The van der Waals surface area contributed by atoms with E-state index in [-0.39, 0.29) is 18.7 Å². The van der Waals surface area contributed by atoms with E-state index in [2.05, 4.69) is 28.1 Å². The molecular weight excluding hydrogens is 515 g/mol. The van der Waals surface area contributed by atoms with Crippen LogP contribution in [0.2, 0.25) is 0 Å². The van der Waals surface area contributed by atoms with Crippen molar-refractivity contribution in [3.05, 3.63) is 6.33 Å². The van der Waals surface area contributed by atoms with Crippen molar-refractivity contribution in [2.45, 2.75) is 30.1 Å². The lowest BCUT2D eigenvalue weighted by Crippen LogP contribution is -2.18. The molecule has 1 aliphatic carbocycles. The van der Waals surface area contributed by atoms with Crippen molar-refractivity contribution >= 4 is 52.2 Å². The van der Waals surface area contributed by atoms with Gasteiger partial charge in [-0.15, -0.1) is 0 Å². The summed E-state index contributed by atoms with van der Waals surface area (Å²) in [5, 5.41) is 10.9. The van der Waals surface area contributed by atoms with E-state index in [0.717, 1.165) is 0 Å². The summed E-state index contributed by atoms with van der Waals surface area (Å²) >= 11 is 1.27. The number of aromatic nitrogens is 4. The first kappa shape index (κ1) is 25.7. The number of rotatable bonds is 9. The van der Waals surface area contributed by atoms with E-state index in [4.69, 9.17) is 15.5 Å². The number of aliphatic hydroxyl groups excluding tert-OH is 1. The molecule has 20 heteroatoms. The Morgan fingerprint density at radius 2 is 1.84 bits per heavy atom. The standard InChI is InChI=1S/C12H20N5O11P3S/c1-32-12-15-10(13)9-11(16-12)17(5-14-9)7-2-6(3-8(7)18)4-26-30(22,23)28-31(24,25)27-29(19,20)21/h5-8,18H,2-4H2,1H3,(H,22,23)(H,24,25)(H2,13,15,16)(H2,19,20,21)/t6-,7+,8+/m0/s1. The molecule has 0 saturated heterocycles. The highest BCUT2D eigenvalue weighted by Gasteiger charge is 2.42. The molecule has 1 aliphatic rings. The van der Waals surface area contributed by atoms with Crippen LogP contribution in [0, 0.1) is 5.92 Å². The van der Waals surface area contributed by atoms with E-state index in [9.17, 15) is 28.6 Å². The van der Waals surface area contributed by atoms with E-state index < -0.39 is 48.1 Å². The first-order chi connectivity index (χ1) is 14.7. The number of thioether (sulfide) groups is 1. The molecule has 2 aromatic rings. The molecule has 2 unspecified atom stereocenters. The maximum Gasteiger partial charge on any atom is 0.490 e. The number of anilines is 1. The molecule has 0 aliphatic heterocycles. The number of fused-ring (bicyclic) bond motifs is 1. The van der Waals surface area contributed by atoms with Crippen molar-refractivity contribution in [2.75, 3.05) is 18.6 Å². The number of imidazole rings is 1. The minimum absolute atomic E-state index is 0.135.